The Morgan fingerprint density at radius 3 is 2.90 bits per heavy atom. The second kappa shape index (κ2) is 1.94. The largest absolute Gasteiger partial charge is 0.299 e. The highest BCUT2D eigenvalue weighted by Crippen LogP contribution is 2.37. The Labute approximate surface area is 61.1 Å². The molecule has 2 aliphatic carbocycles. The maximum Gasteiger partial charge on any atom is 0.143 e. The van der Waals surface area contributed by atoms with Crippen LogP contribution in [0, 0.1) is 17.8 Å². The molecule has 0 radical (unpaired) electrons. The van der Waals surface area contributed by atoms with Gasteiger partial charge in [-0.2, -0.15) is 0 Å². The molecule has 0 heterocycles. The van der Waals surface area contributed by atoms with E-state index in [4.69, 9.17) is 0 Å². The maximum absolute atomic E-state index is 11.3. The van der Waals surface area contributed by atoms with Gasteiger partial charge >= 0.3 is 0 Å². The number of allylic oxidation sites excluding steroid dienone is 2. The Balaban J connectivity index is 2.33. The van der Waals surface area contributed by atoms with Gasteiger partial charge in [0.1, 0.15) is 5.78 Å². The summed E-state index contributed by atoms with van der Waals surface area (Å²) in [5.74, 6) is 1.66. The summed E-state index contributed by atoms with van der Waals surface area (Å²) < 4.78 is 0. The van der Waals surface area contributed by atoms with Gasteiger partial charge in [-0.3, -0.25) is 4.79 Å². The van der Waals surface area contributed by atoms with Crippen LogP contribution in [0.2, 0.25) is 0 Å². The van der Waals surface area contributed by atoms with Crippen LogP contribution in [-0.2, 0) is 4.79 Å². The first-order valence-electron chi connectivity index (χ1n) is 4.01. The Morgan fingerprint density at radius 2 is 2.20 bits per heavy atom. The number of carbonyl (C=O) groups is 1. The predicted molar refractivity (Wildman–Crippen MR) is 39.5 cm³/mol. The Hall–Kier alpha value is -0.590. The molecule has 1 fully saturated rings. The molecule has 0 N–H and O–H groups in total. The molecule has 1 saturated carbocycles. The molecule has 2 rings (SSSR count). The van der Waals surface area contributed by atoms with Crippen molar-refractivity contribution in [2.24, 2.45) is 17.8 Å². The van der Waals surface area contributed by atoms with Gasteiger partial charge in [0.25, 0.3) is 0 Å². The molecule has 0 aromatic rings. The lowest BCUT2D eigenvalue weighted by molar-refractivity contribution is -0.124. The standard InChI is InChI=1S/C9H12O/c1-6-2-3-7-4-5-8(6)9(7)10/h2-3,6-8H,4-5H2,1H3/t6-,7-,8-/m0/s1. The number of rotatable bonds is 0. The van der Waals surface area contributed by atoms with E-state index in [9.17, 15) is 4.79 Å². The van der Waals surface area contributed by atoms with Crippen LogP contribution in [0.3, 0.4) is 0 Å². The van der Waals surface area contributed by atoms with Crippen molar-refractivity contribution in [2.75, 3.05) is 0 Å². The number of Topliss-reactive ketones (excluding diaryl/α,β-unsaturated/α-hetero) is 1. The van der Waals surface area contributed by atoms with Crippen molar-refractivity contribution in [1.82, 2.24) is 0 Å². The van der Waals surface area contributed by atoms with Crippen molar-refractivity contribution in [3.8, 4) is 0 Å². The fourth-order valence-corrected chi connectivity index (χ4v) is 2.08. The molecular weight excluding hydrogens is 124 g/mol. The number of ketones is 1. The molecule has 1 nitrogen and oxygen atoms in total. The highest BCUT2D eigenvalue weighted by atomic mass is 16.1. The minimum atomic E-state index is 0.293. The third-order valence-corrected chi connectivity index (χ3v) is 2.80. The van der Waals surface area contributed by atoms with Gasteiger partial charge in [-0.1, -0.05) is 19.1 Å². The summed E-state index contributed by atoms with van der Waals surface area (Å²) >= 11 is 0. The fraction of sp³-hybridized carbons (Fsp3) is 0.667. The lowest BCUT2D eigenvalue weighted by Gasteiger charge is -2.17. The molecule has 0 spiro atoms. The number of hydrogen-bond acceptors (Lipinski definition) is 1. The highest BCUT2D eigenvalue weighted by Gasteiger charge is 2.37. The molecule has 54 valence electrons. The molecule has 0 aromatic heterocycles. The minimum Gasteiger partial charge on any atom is -0.299 e. The van der Waals surface area contributed by atoms with Crippen molar-refractivity contribution in [1.29, 1.82) is 0 Å². The third-order valence-electron chi connectivity index (χ3n) is 2.80. The van der Waals surface area contributed by atoms with Gasteiger partial charge in [0.15, 0.2) is 0 Å². The van der Waals surface area contributed by atoms with E-state index in [1.54, 1.807) is 0 Å². The van der Waals surface area contributed by atoms with Crippen LogP contribution in [0.15, 0.2) is 12.2 Å². The van der Waals surface area contributed by atoms with Crippen molar-refractivity contribution in [3.63, 3.8) is 0 Å². The molecule has 0 aromatic carbocycles. The van der Waals surface area contributed by atoms with E-state index in [1.165, 1.54) is 0 Å². The summed E-state index contributed by atoms with van der Waals surface area (Å²) in [6.45, 7) is 2.14. The molecular formula is C9H12O. The molecule has 0 unspecified atom stereocenters. The first-order chi connectivity index (χ1) is 4.79. The van der Waals surface area contributed by atoms with Crippen molar-refractivity contribution < 1.29 is 4.79 Å². The predicted octanol–water partition coefficient (Wildman–Crippen LogP) is 1.79. The van der Waals surface area contributed by atoms with Gasteiger partial charge in [0, 0.05) is 11.8 Å². The van der Waals surface area contributed by atoms with Gasteiger partial charge in [0.05, 0.1) is 0 Å². The molecule has 0 aliphatic heterocycles. The zero-order valence-corrected chi connectivity index (χ0v) is 6.21. The fourth-order valence-electron chi connectivity index (χ4n) is 2.08. The van der Waals surface area contributed by atoms with Gasteiger partial charge in [-0.15, -0.1) is 0 Å². The molecule has 3 atom stereocenters. The average molecular weight is 136 g/mol. The van der Waals surface area contributed by atoms with Crippen LogP contribution < -0.4 is 0 Å². The highest BCUT2D eigenvalue weighted by molar-refractivity contribution is 5.88. The molecule has 0 amide bonds. The van der Waals surface area contributed by atoms with Crippen molar-refractivity contribution in [2.45, 2.75) is 19.8 Å². The zero-order chi connectivity index (χ0) is 7.14. The van der Waals surface area contributed by atoms with Crippen LogP contribution >= 0.6 is 0 Å². The molecule has 10 heavy (non-hydrogen) atoms. The number of fused-ring (bicyclic) bond motifs is 2. The van der Waals surface area contributed by atoms with Crippen LogP contribution in [-0.4, -0.2) is 5.78 Å². The molecule has 1 heteroatoms. The SMILES string of the molecule is C[C@H]1C=C[C@H]2CC[C@@H]1C2=O. The van der Waals surface area contributed by atoms with E-state index in [0.29, 0.717) is 23.5 Å². The van der Waals surface area contributed by atoms with Gasteiger partial charge < -0.3 is 0 Å². The summed E-state index contributed by atoms with van der Waals surface area (Å²) in [5, 5.41) is 0. The summed E-state index contributed by atoms with van der Waals surface area (Å²) in [4.78, 5) is 11.3. The second-order valence-corrected chi connectivity index (χ2v) is 3.44. The van der Waals surface area contributed by atoms with E-state index >= 15 is 0 Å². The summed E-state index contributed by atoms with van der Waals surface area (Å²) in [6.07, 6.45) is 6.52. The quantitative estimate of drug-likeness (QED) is 0.464. The molecule has 0 saturated heterocycles. The summed E-state index contributed by atoms with van der Waals surface area (Å²) in [5.41, 5.74) is 0. The normalized spacial score (nSPS) is 44.5. The second-order valence-electron chi connectivity index (χ2n) is 3.44. The smallest absolute Gasteiger partial charge is 0.143 e. The van der Waals surface area contributed by atoms with E-state index < -0.39 is 0 Å². The molecule has 2 bridgehead atoms. The van der Waals surface area contributed by atoms with Crippen LogP contribution in [0.5, 0.6) is 0 Å². The minimum absolute atomic E-state index is 0.293. The maximum atomic E-state index is 11.3. The number of carbonyl (C=O) groups excluding carboxylic acids is 1. The average Bonchev–Trinajstić information content (AvgIpc) is 2.13. The first-order valence-corrected chi connectivity index (χ1v) is 4.01. The van der Waals surface area contributed by atoms with Crippen LogP contribution in [0.25, 0.3) is 0 Å². The van der Waals surface area contributed by atoms with Crippen molar-refractivity contribution in [3.05, 3.63) is 12.2 Å². The van der Waals surface area contributed by atoms with Crippen LogP contribution in [0.1, 0.15) is 19.8 Å². The number of hydrogen-bond donors (Lipinski definition) is 0. The summed E-state index contributed by atoms with van der Waals surface area (Å²) in [6, 6.07) is 0. The topological polar surface area (TPSA) is 17.1 Å². The third kappa shape index (κ3) is 0.664. The van der Waals surface area contributed by atoms with Crippen LogP contribution in [0.4, 0.5) is 0 Å². The lowest BCUT2D eigenvalue weighted by atomic mass is 9.86. The Kier molecular flexibility index (Phi) is 1.19. The van der Waals surface area contributed by atoms with Gasteiger partial charge in [-0.25, -0.2) is 0 Å². The monoisotopic (exact) mass is 136 g/mol. The first kappa shape index (κ1) is 6.14. The Morgan fingerprint density at radius 1 is 1.40 bits per heavy atom. The van der Waals surface area contributed by atoms with Crippen molar-refractivity contribution >= 4 is 5.78 Å². The van der Waals surface area contributed by atoms with Gasteiger partial charge in [-0.05, 0) is 18.8 Å². The van der Waals surface area contributed by atoms with E-state index in [-0.39, 0.29) is 0 Å². The summed E-state index contributed by atoms with van der Waals surface area (Å²) in [7, 11) is 0. The van der Waals surface area contributed by atoms with E-state index in [2.05, 4.69) is 19.1 Å². The van der Waals surface area contributed by atoms with E-state index in [1.807, 2.05) is 0 Å². The lowest BCUT2D eigenvalue weighted by Crippen LogP contribution is -2.21. The Bertz CT molecular complexity index is 193. The van der Waals surface area contributed by atoms with E-state index in [0.717, 1.165) is 12.8 Å². The van der Waals surface area contributed by atoms with Gasteiger partial charge in [0.2, 0.25) is 0 Å². The molecule has 2 aliphatic rings. The zero-order valence-electron chi connectivity index (χ0n) is 6.21.